The first-order valence-electron chi connectivity index (χ1n) is 8.71. The van der Waals surface area contributed by atoms with E-state index in [1.54, 1.807) is 11.8 Å². The molecule has 0 radical (unpaired) electrons. The maximum absolute atomic E-state index is 12.5. The number of nitrogens with one attached hydrogen (secondary N) is 1. The monoisotopic (exact) mass is 326 g/mol. The van der Waals surface area contributed by atoms with Gasteiger partial charge in [0.2, 0.25) is 11.8 Å². The van der Waals surface area contributed by atoms with E-state index in [4.69, 9.17) is 0 Å². The van der Waals surface area contributed by atoms with Crippen LogP contribution in [-0.4, -0.2) is 47.4 Å². The summed E-state index contributed by atoms with van der Waals surface area (Å²) in [6.07, 6.45) is 10.5. The van der Waals surface area contributed by atoms with Gasteiger partial charge < -0.3 is 10.2 Å². The minimum Gasteiger partial charge on any atom is -0.353 e. The Bertz CT molecular complexity index is 383. The van der Waals surface area contributed by atoms with Gasteiger partial charge >= 0.3 is 0 Å². The van der Waals surface area contributed by atoms with E-state index in [-0.39, 0.29) is 17.7 Å². The van der Waals surface area contributed by atoms with Crippen LogP contribution in [-0.2, 0) is 9.59 Å². The van der Waals surface area contributed by atoms with Crippen LogP contribution >= 0.6 is 11.8 Å². The lowest BCUT2D eigenvalue weighted by atomic mass is 9.93. The summed E-state index contributed by atoms with van der Waals surface area (Å²) in [4.78, 5) is 26.7. The van der Waals surface area contributed by atoms with Crippen LogP contribution in [0.25, 0.3) is 0 Å². The molecule has 1 saturated carbocycles. The topological polar surface area (TPSA) is 49.4 Å². The van der Waals surface area contributed by atoms with Gasteiger partial charge in [0.1, 0.15) is 0 Å². The van der Waals surface area contributed by atoms with Crippen LogP contribution in [0.15, 0.2) is 0 Å². The van der Waals surface area contributed by atoms with Crippen molar-refractivity contribution in [3.63, 3.8) is 0 Å². The van der Waals surface area contributed by atoms with Gasteiger partial charge in [0, 0.05) is 30.8 Å². The van der Waals surface area contributed by atoms with Crippen LogP contribution in [0.5, 0.6) is 0 Å². The van der Waals surface area contributed by atoms with Gasteiger partial charge in [-0.3, -0.25) is 9.59 Å². The molecule has 1 heterocycles. The van der Waals surface area contributed by atoms with Gasteiger partial charge in [0.05, 0.1) is 5.92 Å². The number of hydrogen-bond acceptors (Lipinski definition) is 3. The lowest BCUT2D eigenvalue weighted by Crippen LogP contribution is -2.48. The number of nitrogens with zero attached hydrogens (tertiary/aromatic N) is 1. The first kappa shape index (κ1) is 17.6. The molecule has 0 spiro atoms. The lowest BCUT2D eigenvalue weighted by molar-refractivity contribution is -0.135. The average molecular weight is 327 g/mol. The molecule has 126 valence electrons. The van der Waals surface area contributed by atoms with Crippen LogP contribution in [0.2, 0.25) is 0 Å². The average Bonchev–Trinajstić information content (AvgIpc) is 2.55. The van der Waals surface area contributed by atoms with Crippen molar-refractivity contribution >= 4 is 23.6 Å². The van der Waals surface area contributed by atoms with E-state index in [0.717, 1.165) is 32.2 Å². The Morgan fingerprint density at radius 3 is 2.59 bits per heavy atom. The maximum Gasteiger partial charge on any atom is 0.225 e. The molecule has 0 aromatic rings. The standard InChI is InChI=1S/C17H30N2O2S/c1-13(22-2)11-16(20)19-10-6-7-14(12-19)17(21)18-15-8-4-3-5-9-15/h13-15H,3-12H2,1-2H3,(H,18,21). The van der Waals surface area contributed by atoms with E-state index in [0.29, 0.717) is 24.3 Å². The minimum atomic E-state index is -0.00999. The Hall–Kier alpha value is -0.710. The number of carbonyl (C=O) groups excluding carboxylic acids is 2. The van der Waals surface area contributed by atoms with Gasteiger partial charge in [-0.15, -0.1) is 0 Å². The summed E-state index contributed by atoms with van der Waals surface area (Å²) in [6, 6.07) is 0.365. The molecule has 0 aromatic heterocycles. The van der Waals surface area contributed by atoms with Crippen LogP contribution in [0, 0.1) is 5.92 Å². The number of thioether (sulfide) groups is 1. The van der Waals surface area contributed by atoms with E-state index >= 15 is 0 Å². The molecule has 0 aromatic carbocycles. The third kappa shape index (κ3) is 5.18. The molecule has 0 bridgehead atoms. The first-order chi connectivity index (χ1) is 10.6. The fraction of sp³-hybridized carbons (Fsp3) is 0.882. The SMILES string of the molecule is CSC(C)CC(=O)N1CCCC(C(=O)NC2CCCCC2)C1. The largest absolute Gasteiger partial charge is 0.353 e. The third-order valence-electron chi connectivity index (χ3n) is 4.96. The van der Waals surface area contributed by atoms with Crippen LogP contribution in [0.1, 0.15) is 58.3 Å². The molecule has 2 unspecified atom stereocenters. The van der Waals surface area contributed by atoms with Gasteiger partial charge in [0.25, 0.3) is 0 Å². The molecule has 1 N–H and O–H groups in total. The lowest BCUT2D eigenvalue weighted by Gasteiger charge is -2.34. The van der Waals surface area contributed by atoms with Crippen molar-refractivity contribution in [1.29, 1.82) is 0 Å². The highest BCUT2D eigenvalue weighted by Crippen LogP contribution is 2.22. The summed E-state index contributed by atoms with van der Waals surface area (Å²) in [6.45, 7) is 3.51. The Balaban J connectivity index is 1.81. The molecule has 2 atom stereocenters. The molecule has 2 fully saturated rings. The highest BCUT2D eigenvalue weighted by atomic mass is 32.2. The van der Waals surface area contributed by atoms with Crippen LogP contribution in [0.4, 0.5) is 0 Å². The van der Waals surface area contributed by atoms with Crippen molar-refractivity contribution in [1.82, 2.24) is 10.2 Å². The van der Waals surface area contributed by atoms with Crippen molar-refractivity contribution in [2.75, 3.05) is 19.3 Å². The quantitative estimate of drug-likeness (QED) is 0.845. The molecule has 4 nitrogen and oxygen atoms in total. The van der Waals surface area contributed by atoms with Crippen molar-refractivity contribution < 1.29 is 9.59 Å². The summed E-state index contributed by atoms with van der Waals surface area (Å²) in [5, 5.41) is 3.57. The van der Waals surface area contributed by atoms with Crippen molar-refractivity contribution in [3.8, 4) is 0 Å². The zero-order chi connectivity index (χ0) is 15.9. The molecule has 5 heteroatoms. The molecular formula is C17H30N2O2S. The van der Waals surface area contributed by atoms with Crippen LogP contribution in [0.3, 0.4) is 0 Å². The molecule has 2 rings (SSSR count). The van der Waals surface area contributed by atoms with Gasteiger partial charge in [0.15, 0.2) is 0 Å². The summed E-state index contributed by atoms with van der Waals surface area (Å²) in [5.41, 5.74) is 0. The van der Waals surface area contributed by atoms with Crippen molar-refractivity contribution in [2.24, 2.45) is 5.92 Å². The Morgan fingerprint density at radius 1 is 1.18 bits per heavy atom. The maximum atomic E-state index is 12.5. The normalized spacial score (nSPS) is 24.8. The number of rotatable bonds is 5. The first-order valence-corrected chi connectivity index (χ1v) is 10.00. The molecule has 2 amide bonds. The van der Waals surface area contributed by atoms with Crippen LogP contribution < -0.4 is 5.32 Å². The van der Waals surface area contributed by atoms with E-state index in [1.165, 1.54) is 19.3 Å². The number of piperidine rings is 1. The second kappa shape index (κ2) is 8.80. The predicted octanol–water partition coefficient (Wildman–Crippen LogP) is 2.82. The second-order valence-corrected chi connectivity index (χ2v) is 8.05. The zero-order valence-electron chi connectivity index (χ0n) is 14.0. The number of amides is 2. The second-order valence-electron chi connectivity index (χ2n) is 6.77. The summed E-state index contributed by atoms with van der Waals surface area (Å²) in [5.74, 6) is 0.364. The van der Waals surface area contributed by atoms with E-state index in [1.807, 2.05) is 11.2 Å². The summed E-state index contributed by atoms with van der Waals surface area (Å²) in [7, 11) is 0. The minimum absolute atomic E-state index is 0.00999. The fourth-order valence-electron chi connectivity index (χ4n) is 3.44. The Labute approximate surface area is 138 Å². The Kier molecular flexibility index (Phi) is 7.06. The van der Waals surface area contributed by atoms with Crippen molar-refractivity contribution in [2.45, 2.75) is 69.6 Å². The molecule has 1 aliphatic carbocycles. The fourth-order valence-corrected chi connectivity index (χ4v) is 3.75. The van der Waals surface area contributed by atoms with Crippen molar-refractivity contribution in [3.05, 3.63) is 0 Å². The molecule has 22 heavy (non-hydrogen) atoms. The highest BCUT2D eigenvalue weighted by Gasteiger charge is 2.30. The number of carbonyl (C=O) groups is 2. The predicted molar refractivity (Wildman–Crippen MR) is 91.9 cm³/mol. The smallest absolute Gasteiger partial charge is 0.225 e. The van der Waals surface area contributed by atoms with Gasteiger partial charge in [-0.2, -0.15) is 11.8 Å². The number of hydrogen-bond donors (Lipinski definition) is 1. The zero-order valence-corrected chi connectivity index (χ0v) is 14.8. The molecule has 2 aliphatic rings. The van der Waals surface area contributed by atoms with Gasteiger partial charge in [-0.25, -0.2) is 0 Å². The summed E-state index contributed by atoms with van der Waals surface area (Å²) >= 11 is 1.72. The van der Waals surface area contributed by atoms with E-state index in [2.05, 4.69) is 12.2 Å². The molecule has 1 aliphatic heterocycles. The van der Waals surface area contributed by atoms with Gasteiger partial charge in [-0.1, -0.05) is 26.2 Å². The van der Waals surface area contributed by atoms with Gasteiger partial charge in [-0.05, 0) is 31.9 Å². The molecular weight excluding hydrogens is 296 g/mol. The summed E-state index contributed by atoms with van der Waals surface area (Å²) < 4.78 is 0. The van der Waals surface area contributed by atoms with E-state index < -0.39 is 0 Å². The third-order valence-corrected chi connectivity index (χ3v) is 5.93. The Morgan fingerprint density at radius 2 is 1.91 bits per heavy atom. The number of likely N-dealkylation sites (tertiary alicyclic amines) is 1. The molecule has 1 saturated heterocycles. The van der Waals surface area contributed by atoms with E-state index in [9.17, 15) is 9.59 Å². The highest BCUT2D eigenvalue weighted by molar-refractivity contribution is 7.99.